The number of hydrogen-bond donors (Lipinski definition) is 1. The van der Waals surface area contributed by atoms with Crippen LogP contribution in [0.1, 0.15) is 17.3 Å². The van der Waals surface area contributed by atoms with E-state index in [1.165, 1.54) is 0 Å². The average molecular weight is 404 g/mol. The quantitative estimate of drug-likeness (QED) is 0.674. The molecule has 1 atom stereocenters. The molecule has 6 heteroatoms. The third kappa shape index (κ3) is 2.79. The molecule has 0 aliphatic rings. The predicted molar refractivity (Wildman–Crippen MR) is 87.9 cm³/mol. The Morgan fingerprint density at radius 1 is 1.47 bits per heavy atom. The fourth-order valence-electron chi connectivity index (χ4n) is 1.96. The zero-order chi connectivity index (χ0) is 13.4. The minimum Gasteiger partial charge on any atom is -0.324 e. The molecule has 1 aromatic carbocycles. The molecule has 0 spiro atoms. The zero-order valence-electron chi connectivity index (χ0n) is 9.88. The Labute approximate surface area is 133 Å². The van der Waals surface area contributed by atoms with E-state index in [-0.39, 0.29) is 6.04 Å². The Morgan fingerprint density at radius 3 is 3.05 bits per heavy atom. The van der Waals surface area contributed by atoms with Gasteiger partial charge in [0.05, 0.1) is 10.7 Å². The van der Waals surface area contributed by atoms with Crippen molar-refractivity contribution in [1.82, 2.24) is 9.38 Å². The van der Waals surface area contributed by atoms with Gasteiger partial charge < -0.3 is 5.73 Å². The van der Waals surface area contributed by atoms with Crippen molar-refractivity contribution < 1.29 is 0 Å². The molecule has 0 bridgehead atoms. The maximum absolute atomic E-state index is 6.23. The van der Waals surface area contributed by atoms with Crippen molar-refractivity contribution in [2.75, 3.05) is 0 Å². The summed E-state index contributed by atoms with van der Waals surface area (Å²) in [6.45, 7) is 0. The van der Waals surface area contributed by atoms with Gasteiger partial charge in [-0.2, -0.15) is 0 Å². The van der Waals surface area contributed by atoms with Crippen molar-refractivity contribution in [3.8, 4) is 0 Å². The van der Waals surface area contributed by atoms with Crippen LogP contribution in [0.15, 0.2) is 36.0 Å². The van der Waals surface area contributed by atoms with E-state index in [2.05, 4.69) is 27.6 Å². The molecule has 0 fully saturated rings. The first kappa shape index (κ1) is 13.4. The molecule has 1 unspecified atom stereocenters. The molecule has 0 saturated heterocycles. The van der Waals surface area contributed by atoms with E-state index in [1.54, 1.807) is 11.3 Å². The van der Waals surface area contributed by atoms with Crippen LogP contribution >= 0.6 is 45.5 Å². The molecule has 19 heavy (non-hydrogen) atoms. The number of halogens is 2. The molecule has 0 aliphatic carbocycles. The van der Waals surface area contributed by atoms with Gasteiger partial charge in [-0.15, -0.1) is 11.3 Å². The molecule has 0 amide bonds. The molecule has 3 nitrogen and oxygen atoms in total. The number of imidazole rings is 1. The fraction of sp³-hybridized carbons (Fsp3) is 0.154. The summed E-state index contributed by atoms with van der Waals surface area (Å²) in [7, 11) is 0. The molecule has 2 N–H and O–H groups in total. The summed E-state index contributed by atoms with van der Waals surface area (Å²) in [5, 5.41) is 2.77. The van der Waals surface area contributed by atoms with Crippen LogP contribution < -0.4 is 5.73 Å². The summed E-state index contributed by atoms with van der Waals surface area (Å²) in [6.07, 6.45) is 4.75. The number of hydrogen-bond acceptors (Lipinski definition) is 3. The van der Waals surface area contributed by atoms with Crippen molar-refractivity contribution in [1.29, 1.82) is 0 Å². The highest BCUT2D eigenvalue weighted by molar-refractivity contribution is 14.1. The highest BCUT2D eigenvalue weighted by Crippen LogP contribution is 2.24. The van der Waals surface area contributed by atoms with E-state index < -0.39 is 0 Å². The Bertz CT molecular complexity index is 693. The molecule has 3 aromatic rings. The topological polar surface area (TPSA) is 43.3 Å². The highest BCUT2D eigenvalue weighted by Gasteiger charge is 2.11. The average Bonchev–Trinajstić information content (AvgIpc) is 2.93. The van der Waals surface area contributed by atoms with Crippen LogP contribution in [0.2, 0.25) is 5.02 Å². The summed E-state index contributed by atoms with van der Waals surface area (Å²) in [5.41, 5.74) is 8.28. The van der Waals surface area contributed by atoms with Crippen molar-refractivity contribution in [2.45, 2.75) is 12.5 Å². The van der Waals surface area contributed by atoms with Gasteiger partial charge in [0.1, 0.15) is 0 Å². The van der Waals surface area contributed by atoms with Gasteiger partial charge >= 0.3 is 0 Å². The van der Waals surface area contributed by atoms with Crippen LogP contribution in [0.4, 0.5) is 0 Å². The lowest BCUT2D eigenvalue weighted by atomic mass is 10.0. The van der Waals surface area contributed by atoms with Crippen LogP contribution in [0.5, 0.6) is 0 Å². The van der Waals surface area contributed by atoms with Gasteiger partial charge in [0.25, 0.3) is 0 Å². The lowest BCUT2D eigenvalue weighted by molar-refractivity contribution is 0.710. The number of nitrogens with two attached hydrogens (primary N) is 1. The summed E-state index contributed by atoms with van der Waals surface area (Å²) in [5.74, 6) is 0. The molecule has 98 valence electrons. The smallest absolute Gasteiger partial charge is 0.193 e. The summed E-state index contributed by atoms with van der Waals surface area (Å²) in [6, 6.07) is 5.87. The highest BCUT2D eigenvalue weighted by atomic mass is 127. The molecular weight excluding hydrogens is 393 g/mol. The first-order chi connectivity index (χ1) is 9.13. The van der Waals surface area contributed by atoms with Crippen LogP contribution in [0.3, 0.4) is 0 Å². The Morgan fingerprint density at radius 2 is 2.32 bits per heavy atom. The van der Waals surface area contributed by atoms with Crippen LogP contribution in [0.25, 0.3) is 4.96 Å². The predicted octanol–water partition coefficient (Wildman–Crippen LogP) is 3.90. The number of nitrogens with zero attached hydrogens (tertiary/aromatic N) is 2. The second kappa shape index (κ2) is 5.40. The third-order valence-corrected chi connectivity index (χ3v) is 5.29. The normalized spacial score (nSPS) is 13.0. The first-order valence-corrected chi connectivity index (χ1v) is 8.09. The zero-order valence-corrected chi connectivity index (χ0v) is 13.6. The Hall–Kier alpha value is -0.630. The van der Waals surface area contributed by atoms with E-state index in [1.807, 2.05) is 40.4 Å². The largest absolute Gasteiger partial charge is 0.324 e. The summed E-state index contributed by atoms with van der Waals surface area (Å²) < 4.78 is 3.06. The van der Waals surface area contributed by atoms with Gasteiger partial charge in [0.2, 0.25) is 0 Å². The van der Waals surface area contributed by atoms with Crippen LogP contribution in [-0.2, 0) is 6.42 Å². The number of fused-ring (bicyclic) bond motifs is 1. The van der Waals surface area contributed by atoms with E-state index in [9.17, 15) is 0 Å². The summed E-state index contributed by atoms with van der Waals surface area (Å²) >= 11 is 9.96. The monoisotopic (exact) mass is 403 g/mol. The van der Waals surface area contributed by atoms with Crippen molar-refractivity contribution in [2.24, 2.45) is 5.73 Å². The number of thiazole rings is 1. The maximum atomic E-state index is 6.23. The molecule has 2 heterocycles. The Kier molecular flexibility index (Phi) is 3.79. The van der Waals surface area contributed by atoms with Crippen molar-refractivity contribution >= 4 is 50.5 Å². The van der Waals surface area contributed by atoms with Gasteiger partial charge in [-0.3, -0.25) is 4.40 Å². The van der Waals surface area contributed by atoms with Crippen molar-refractivity contribution in [3.63, 3.8) is 0 Å². The molecular formula is C13H11ClIN3S. The maximum Gasteiger partial charge on any atom is 0.193 e. The fourth-order valence-corrected chi connectivity index (χ4v) is 3.20. The van der Waals surface area contributed by atoms with E-state index in [4.69, 9.17) is 17.3 Å². The second-order valence-electron chi connectivity index (χ2n) is 4.31. The van der Waals surface area contributed by atoms with Crippen LogP contribution in [-0.4, -0.2) is 9.38 Å². The van der Waals surface area contributed by atoms with Crippen molar-refractivity contribution in [3.05, 3.63) is 55.8 Å². The lowest BCUT2D eigenvalue weighted by Crippen LogP contribution is -2.13. The SMILES string of the molecule is NC(Cc1cn2ccsc2n1)c1ccc(I)c(Cl)c1. The van der Waals surface area contributed by atoms with Gasteiger partial charge in [-0.25, -0.2) is 4.98 Å². The number of aromatic nitrogens is 2. The first-order valence-electron chi connectivity index (χ1n) is 5.75. The summed E-state index contributed by atoms with van der Waals surface area (Å²) in [4.78, 5) is 5.55. The molecule has 0 saturated carbocycles. The van der Waals surface area contributed by atoms with Crippen LogP contribution in [0, 0.1) is 3.57 Å². The second-order valence-corrected chi connectivity index (χ2v) is 6.75. The van der Waals surface area contributed by atoms with E-state index >= 15 is 0 Å². The van der Waals surface area contributed by atoms with Gasteiger partial charge in [0, 0.05) is 33.8 Å². The minimum absolute atomic E-state index is 0.0842. The van der Waals surface area contributed by atoms with Gasteiger partial charge in [-0.05, 0) is 40.3 Å². The minimum atomic E-state index is -0.0842. The number of rotatable bonds is 3. The standard InChI is InChI=1S/C13H11ClIN3S/c14-10-5-8(1-2-11(10)15)12(16)6-9-7-18-3-4-19-13(18)17-9/h1-5,7,12H,6,16H2. The molecule has 0 aliphatic heterocycles. The van der Waals surface area contributed by atoms with E-state index in [0.29, 0.717) is 6.42 Å². The Balaban J connectivity index is 1.82. The number of benzene rings is 1. The lowest BCUT2D eigenvalue weighted by Gasteiger charge is -2.11. The van der Waals surface area contributed by atoms with E-state index in [0.717, 1.165) is 24.8 Å². The molecule has 2 aromatic heterocycles. The molecule has 0 radical (unpaired) electrons. The molecule has 3 rings (SSSR count). The van der Waals surface area contributed by atoms with Gasteiger partial charge in [0.15, 0.2) is 4.96 Å². The third-order valence-electron chi connectivity index (χ3n) is 2.94. The van der Waals surface area contributed by atoms with Gasteiger partial charge in [-0.1, -0.05) is 17.7 Å².